The summed E-state index contributed by atoms with van der Waals surface area (Å²) in [5.41, 5.74) is 0.419. The highest BCUT2D eigenvalue weighted by atomic mass is 19.1. The molecule has 0 aromatic heterocycles. The van der Waals surface area contributed by atoms with Gasteiger partial charge < -0.3 is 15.2 Å². The summed E-state index contributed by atoms with van der Waals surface area (Å²) >= 11 is 0. The van der Waals surface area contributed by atoms with E-state index < -0.39 is 11.8 Å². The Morgan fingerprint density at radius 2 is 2.31 bits per heavy atom. The molecule has 1 rings (SSSR count). The van der Waals surface area contributed by atoms with Crippen LogP contribution in [0, 0.1) is 5.82 Å². The van der Waals surface area contributed by atoms with E-state index in [-0.39, 0.29) is 12.6 Å². The molecule has 0 amide bonds. The van der Waals surface area contributed by atoms with Gasteiger partial charge in [0.05, 0.1) is 13.7 Å². The van der Waals surface area contributed by atoms with Crippen LogP contribution >= 0.6 is 0 Å². The average Bonchev–Trinajstić information content (AvgIpc) is 2.25. The smallest absolute Gasteiger partial charge is 0.317 e. The van der Waals surface area contributed by atoms with Crippen LogP contribution in [0.15, 0.2) is 18.2 Å². The minimum Gasteiger partial charge on any atom is -0.497 e. The Kier molecular flexibility index (Phi) is 4.25. The molecule has 1 aromatic rings. The summed E-state index contributed by atoms with van der Waals surface area (Å²) in [5, 5.41) is 11.2. The normalized spacial score (nSPS) is 12.2. The quantitative estimate of drug-likeness (QED) is 0.801. The second-order valence-corrected chi connectivity index (χ2v) is 3.38. The summed E-state index contributed by atoms with van der Waals surface area (Å²) in [5.74, 6) is -0.947. The molecule has 0 heterocycles. The Labute approximate surface area is 93.0 Å². The number of carbonyl (C=O) groups is 1. The predicted molar refractivity (Wildman–Crippen MR) is 57.0 cm³/mol. The number of aliphatic carboxylic acids is 1. The van der Waals surface area contributed by atoms with Crippen molar-refractivity contribution in [3.63, 3.8) is 0 Å². The molecule has 0 aliphatic rings. The molecule has 16 heavy (non-hydrogen) atoms. The van der Waals surface area contributed by atoms with Crippen molar-refractivity contribution in [2.45, 2.75) is 13.0 Å². The first kappa shape index (κ1) is 12.4. The van der Waals surface area contributed by atoms with Crippen molar-refractivity contribution in [3.05, 3.63) is 29.6 Å². The summed E-state index contributed by atoms with van der Waals surface area (Å²) in [6, 6.07) is 4.13. The Hall–Kier alpha value is -1.62. The highest BCUT2D eigenvalue weighted by Crippen LogP contribution is 2.21. The van der Waals surface area contributed by atoms with Crippen molar-refractivity contribution >= 4 is 5.97 Å². The number of hydrogen-bond acceptors (Lipinski definition) is 3. The van der Waals surface area contributed by atoms with Gasteiger partial charge in [0.2, 0.25) is 0 Å². The van der Waals surface area contributed by atoms with Crippen molar-refractivity contribution in [2.75, 3.05) is 13.7 Å². The molecule has 0 saturated heterocycles. The van der Waals surface area contributed by atoms with Crippen molar-refractivity contribution in [3.8, 4) is 5.75 Å². The van der Waals surface area contributed by atoms with E-state index in [2.05, 4.69) is 5.32 Å². The highest BCUT2D eigenvalue weighted by molar-refractivity contribution is 5.69. The molecule has 0 bridgehead atoms. The van der Waals surface area contributed by atoms with Gasteiger partial charge in [0.15, 0.2) is 0 Å². The lowest BCUT2D eigenvalue weighted by atomic mass is 10.1. The third-order valence-electron chi connectivity index (χ3n) is 2.23. The summed E-state index contributed by atoms with van der Waals surface area (Å²) in [7, 11) is 1.46. The lowest BCUT2D eigenvalue weighted by molar-refractivity contribution is -0.136. The molecule has 0 spiro atoms. The number of nitrogens with one attached hydrogen (secondary N) is 1. The van der Waals surface area contributed by atoms with Crippen LogP contribution < -0.4 is 10.1 Å². The third-order valence-corrected chi connectivity index (χ3v) is 2.23. The number of halogens is 1. The van der Waals surface area contributed by atoms with E-state index >= 15 is 0 Å². The minimum atomic E-state index is -0.972. The summed E-state index contributed by atoms with van der Waals surface area (Å²) < 4.78 is 18.4. The Balaban J connectivity index is 2.75. The Morgan fingerprint density at radius 3 is 2.81 bits per heavy atom. The van der Waals surface area contributed by atoms with Crippen LogP contribution in [0.3, 0.4) is 0 Å². The van der Waals surface area contributed by atoms with Gasteiger partial charge in [-0.05, 0) is 13.0 Å². The number of ether oxygens (including phenoxy) is 1. The molecule has 0 fully saturated rings. The van der Waals surface area contributed by atoms with Crippen LogP contribution in [0.1, 0.15) is 18.5 Å². The molecule has 5 heteroatoms. The minimum absolute atomic E-state index is 0.202. The van der Waals surface area contributed by atoms with Crippen LogP contribution in [0.25, 0.3) is 0 Å². The lowest BCUT2D eigenvalue weighted by Crippen LogP contribution is -2.26. The van der Waals surface area contributed by atoms with Crippen molar-refractivity contribution in [1.82, 2.24) is 5.32 Å². The Morgan fingerprint density at radius 1 is 1.62 bits per heavy atom. The second-order valence-electron chi connectivity index (χ2n) is 3.38. The largest absolute Gasteiger partial charge is 0.497 e. The molecule has 2 N–H and O–H groups in total. The van der Waals surface area contributed by atoms with E-state index in [0.29, 0.717) is 11.3 Å². The number of rotatable bonds is 5. The molecular weight excluding hydrogens is 213 g/mol. The van der Waals surface area contributed by atoms with Crippen LogP contribution in [-0.2, 0) is 4.79 Å². The van der Waals surface area contributed by atoms with Crippen LogP contribution in [-0.4, -0.2) is 24.7 Å². The maximum atomic E-state index is 13.5. The molecule has 0 saturated carbocycles. The number of carboxylic acid groups (broad SMARTS) is 1. The van der Waals surface area contributed by atoms with Gasteiger partial charge in [0.1, 0.15) is 11.6 Å². The first-order valence-electron chi connectivity index (χ1n) is 4.83. The van der Waals surface area contributed by atoms with E-state index in [1.54, 1.807) is 19.1 Å². The van der Waals surface area contributed by atoms with Crippen LogP contribution in [0.5, 0.6) is 5.75 Å². The zero-order valence-electron chi connectivity index (χ0n) is 9.16. The molecule has 4 nitrogen and oxygen atoms in total. The van der Waals surface area contributed by atoms with Gasteiger partial charge in [-0.2, -0.15) is 0 Å². The second kappa shape index (κ2) is 5.46. The molecule has 1 atom stereocenters. The molecule has 88 valence electrons. The predicted octanol–water partition coefficient (Wildman–Crippen LogP) is 1.57. The molecule has 0 aliphatic carbocycles. The topological polar surface area (TPSA) is 58.6 Å². The Bertz CT molecular complexity index is 381. The van der Waals surface area contributed by atoms with Crippen molar-refractivity contribution in [2.24, 2.45) is 0 Å². The van der Waals surface area contributed by atoms with Crippen LogP contribution in [0.4, 0.5) is 4.39 Å². The van der Waals surface area contributed by atoms with E-state index in [9.17, 15) is 9.18 Å². The van der Waals surface area contributed by atoms with Gasteiger partial charge in [-0.1, -0.05) is 6.07 Å². The fourth-order valence-corrected chi connectivity index (χ4v) is 1.34. The highest BCUT2D eigenvalue weighted by Gasteiger charge is 2.12. The molecule has 0 aliphatic heterocycles. The van der Waals surface area contributed by atoms with Gasteiger partial charge >= 0.3 is 5.97 Å². The average molecular weight is 227 g/mol. The van der Waals surface area contributed by atoms with Gasteiger partial charge in [-0.15, -0.1) is 0 Å². The van der Waals surface area contributed by atoms with E-state index in [0.717, 1.165) is 0 Å². The molecule has 1 unspecified atom stereocenters. The van der Waals surface area contributed by atoms with E-state index in [1.807, 2.05) is 0 Å². The van der Waals surface area contributed by atoms with Gasteiger partial charge in [-0.3, -0.25) is 4.79 Å². The third kappa shape index (κ3) is 3.20. The van der Waals surface area contributed by atoms with E-state index in [4.69, 9.17) is 9.84 Å². The molecule has 0 radical (unpaired) electrons. The summed E-state index contributed by atoms with van der Waals surface area (Å²) in [6.45, 7) is 1.50. The van der Waals surface area contributed by atoms with E-state index in [1.165, 1.54) is 13.2 Å². The van der Waals surface area contributed by atoms with Gasteiger partial charge in [-0.25, -0.2) is 4.39 Å². The monoisotopic (exact) mass is 227 g/mol. The lowest BCUT2D eigenvalue weighted by Gasteiger charge is -2.14. The zero-order valence-corrected chi connectivity index (χ0v) is 9.16. The SMILES string of the molecule is COc1ccc(C(C)NCC(=O)O)c(F)c1. The van der Waals surface area contributed by atoms with Gasteiger partial charge in [0, 0.05) is 17.7 Å². The maximum Gasteiger partial charge on any atom is 0.317 e. The fraction of sp³-hybridized carbons (Fsp3) is 0.364. The fourth-order valence-electron chi connectivity index (χ4n) is 1.34. The standard InChI is InChI=1S/C11H14FNO3/c1-7(13-6-11(14)15)9-4-3-8(16-2)5-10(9)12/h3-5,7,13H,6H2,1-2H3,(H,14,15). The number of carboxylic acids is 1. The van der Waals surface area contributed by atoms with Crippen LogP contribution in [0.2, 0.25) is 0 Å². The van der Waals surface area contributed by atoms with Crippen molar-refractivity contribution in [1.29, 1.82) is 0 Å². The number of benzene rings is 1. The first-order chi connectivity index (χ1) is 7.54. The zero-order chi connectivity index (χ0) is 12.1. The first-order valence-corrected chi connectivity index (χ1v) is 4.83. The summed E-state index contributed by atoms with van der Waals surface area (Å²) in [4.78, 5) is 10.3. The molecular formula is C11H14FNO3. The number of methoxy groups -OCH3 is 1. The maximum absolute atomic E-state index is 13.5. The van der Waals surface area contributed by atoms with Gasteiger partial charge in [0.25, 0.3) is 0 Å². The summed E-state index contributed by atoms with van der Waals surface area (Å²) in [6.07, 6.45) is 0. The number of hydrogen-bond donors (Lipinski definition) is 2. The van der Waals surface area contributed by atoms with Crippen molar-refractivity contribution < 1.29 is 19.0 Å². The molecule has 1 aromatic carbocycles.